The predicted octanol–water partition coefficient (Wildman–Crippen LogP) is 0.697. The molecule has 0 spiro atoms. The number of pyridine rings is 1. The maximum absolute atomic E-state index is 12.4. The van der Waals surface area contributed by atoms with E-state index in [1.807, 2.05) is 0 Å². The van der Waals surface area contributed by atoms with Gasteiger partial charge in [-0.1, -0.05) is 0 Å². The Morgan fingerprint density at radius 3 is 2.40 bits per heavy atom. The van der Waals surface area contributed by atoms with Gasteiger partial charge in [-0.05, 0) is 12.1 Å². The number of nitrogens with zero attached hydrogens (tertiary/aromatic N) is 2. The Labute approximate surface area is 125 Å². The third-order valence-corrected chi connectivity index (χ3v) is 2.69. The number of halogens is 1. The molecule has 0 radical (unpaired) electrons. The fourth-order valence-electron chi connectivity index (χ4n) is 1.62. The molecule has 0 saturated carbocycles. The first-order valence-corrected chi connectivity index (χ1v) is 6.15. The van der Waals surface area contributed by atoms with Gasteiger partial charge in [-0.15, -0.1) is 12.4 Å². The van der Waals surface area contributed by atoms with Crippen LogP contribution in [0.3, 0.4) is 0 Å². The van der Waals surface area contributed by atoms with Crippen LogP contribution >= 0.6 is 12.4 Å². The van der Waals surface area contributed by atoms with E-state index in [0.717, 1.165) is 0 Å². The lowest BCUT2D eigenvalue weighted by Gasteiger charge is -2.22. The molecule has 0 aliphatic heterocycles. The lowest BCUT2D eigenvalue weighted by Crippen LogP contribution is -2.36. The number of ether oxygens (including phenoxy) is 2. The van der Waals surface area contributed by atoms with Crippen molar-refractivity contribution in [2.24, 2.45) is 5.73 Å². The molecule has 0 saturated heterocycles. The summed E-state index contributed by atoms with van der Waals surface area (Å²) in [5, 5.41) is 0. The zero-order valence-corrected chi connectivity index (χ0v) is 12.7. The summed E-state index contributed by atoms with van der Waals surface area (Å²) in [6, 6.07) is 3.41. The van der Waals surface area contributed by atoms with Crippen molar-refractivity contribution in [2.45, 2.75) is 6.54 Å². The van der Waals surface area contributed by atoms with Crippen LogP contribution in [0.1, 0.15) is 16.1 Å². The minimum atomic E-state index is -0.0637. The molecule has 0 unspecified atom stereocenters. The van der Waals surface area contributed by atoms with Crippen molar-refractivity contribution in [2.75, 3.05) is 40.5 Å². The molecule has 2 N–H and O–H groups in total. The molecule has 7 heteroatoms. The maximum Gasteiger partial charge on any atom is 0.254 e. The Kier molecular flexibility index (Phi) is 9.92. The standard InChI is InChI=1S/C13H21N3O3.ClH/c1-18-7-5-16(6-8-19-2)13(17)11-3-4-15-12(9-11)10-14;/h3-4,9H,5-8,10,14H2,1-2H3;1H. The number of hydrogen-bond donors (Lipinski definition) is 1. The van der Waals surface area contributed by atoms with Gasteiger partial charge in [0, 0.05) is 45.6 Å². The van der Waals surface area contributed by atoms with Crippen LogP contribution in [0.4, 0.5) is 0 Å². The molecule has 114 valence electrons. The van der Waals surface area contributed by atoms with Crippen LogP contribution in [0.2, 0.25) is 0 Å². The summed E-state index contributed by atoms with van der Waals surface area (Å²) in [7, 11) is 3.22. The zero-order chi connectivity index (χ0) is 14.1. The quantitative estimate of drug-likeness (QED) is 0.765. The Morgan fingerprint density at radius 2 is 1.90 bits per heavy atom. The van der Waals surface area contributed by atoms with E-state index >= 15 is 0 Å². The number of hydrogen-bond acceptors (Lipinski definition) is 5. The third kappa shape index (κ3) is 5.83. The van der Waals surface area contributed by atoms with Crippen molar-refractivity contribution in [1.29, 1.82) is 0 Å². The second kappa shape index (κ2) is 10.6. The molecule has 0 aliphatic carbocycles. The number of amides is 1. The number of methoxy groups -OCH3 is 2. The summed E-state index contributed by atoms with van der Waals surface area (Å²) >= 11 is 0. The maximum atomic E-state index is 12.4. The van der Waals surface area contributed by atoms with E-state index in [4.69, 9.17) is 15.2 Å². The number of carbonyl (C=O) groups is 1. The van der Waals surface area contributed by atoms with E-state index in [2.05, 4.69) is 4.98 Å². The molecule has 0 fully saturated rings. The van der Waals surface area contributed by atoms with Crippen LogP contribution in [-0.2, 0) is 16.0 Å². The fourth-order valence-corrected chi connectivity index (χ4v) is 1.62. The van der Waals surface area contributed by atoms with Gasteiger partial charge in [-0.25, -0.2) is 0 Å². The van der Waals surface area contributed by atoms with Crippen molar-refractivity contribution in [3.8, 4) is 0 Å². The first-order chi connectivity index (χ1) is 9.22. The Bertz CT molecular complexity index is 396. The van der Waals surface area contributed by atoms with Gasteiger partial charge in [0.2, 0.25) is 0 Å². The molecule has 0 bridgehead atoms. The summed E-state index contributed by atoms with van der Waals surface area (Å²) in [5.74, 6) is -0.0637. The van der Waals surface area contributed by atoms with Crippen LogP contribution in [0, 0.1) is 0 Å². The van der Waals surface area contributed by atoms with E-state index in [9.17, 15) is 4.79 Å². The highest BCUT2D eigenvalue weighted by atomic mass is 35.5. The van der Waals surface area contributed by atoms with Crippen LogP contribution in [0.25, 0.3) is 0 Å². The van der Waals surface area contributed by atoms with Crippen molar-refractivity contribution >= 4 is 18.3 Å². The highest BCUT2D eigenvalue weighted by molar-refractivity contribution is 5.94. The van der Waals surface area contributed by atoms with Gasteiger partial charge in [0.1, 0.15) is 0 Å². The molecule has 1 aromatic heterocycles. The summed E-state index contributed by atoms with van der Waals surface area (Å²) < 4.78 is 10.0. The molecule has 1 aromatic rings. The van der Waals surface area contributed by atoms with Gasteiger partial charge in [0.25, 0.3) is 5.91 Å². The molecule has 0 atom stereocenters. The predicted molar refractivity (Wildman–Crippen MR) is 79.0 cm³/mol. The van der Waals surface area contributed by atoms with Gasteiger partial charge >= 0.3 is 0 Å². The Hall–Kier alpha value is -1.21. The normalized spacial score (nSPS) is 9.95. The van der Waals surface area contributed by atoms with E-state index in [1.54, 1.807) is 37.4 Å². The van der Waals surface area contributed by atoms with Crippen LogP contribution < -0.4 is 5.73 Å². The van der Waals surface area contributed by atoms with Crippen LogP contribution in [0.15, 0.2) is 18.3 Å². The average molecular weight is 304 g/mol. The minimum absolute atomic E-state index is 0. The first kappa shape index (κ1) is 18.8. The summed E-state index contributed by atoms with van der Waals surface area (Å²) in [4.78, 5) is 18.1. The summed E-state index contributed by atoms with van der Waals surface area (Å²) in [6.45, 7) is 2.35. The number of nitrogens with two attached hydrogens (primary N) is 1. The first-order valence-electron chi connectivity index (χ1n) is 6.15. The number of rotatable bonds is 8. The third-order valence-electron chi connectivity index (χ3n) is 2.69. The van der Waals surface area contributed by atoms with E-state index in [-0.39, 0.29) is 18.3 Å². The summed E-state index contributed by atoms with van der Waals surface area (Å²) in [5.41, 5.74) is 6.81. The van der Waals surface area contributed by atoms with Crippen molar-refractivity contribution in [3.63, 3.8) is 0 Å². The molecular weight excluding hydrogens is 282 g/mol. The van der Waals surface area contributed by atoms with Gasteiger partial charge < -0.3 is 20.1 Å². The van der Waals surface area contributed by atoms with Crippen molar-refractivity contribution in [1.82, 2.24) is 9.88 Å². The van der Waals surface area contributed by atoms with E-state index in [1.165, 1.54) is 0 Å². The topological polar surface area (TPSA) is 77.7 Å². The van der Waals surface area contributed by atoms with Gasteiger partial charge in [0.15, 0.2) is 0 Å². The van der Waals surface area contributed by atoms with Crippen molar-refractivity contribution in [3.05, 3.63) is 29.6 Å². The lowest BCUT2D eigenvalue weighted by molar-refractivity contribution is 0.0627. The minimum Gasteiger partial charge on any atom is -0.383 e. The molecule has 1 amide bonds. The fraction of sp³-hybridized carbons (Fsp3) is 0.538. The summed E-state index contributed by atoms with van der Waals surface area (Å²) in [6.07, 6.45) is 1.60. The number of aromatic nitrogens is 1. The Balaban J connectivity index is 0.00000361. The average Bonchev–Trinajstić information content (AvgIpc) is 2.47. The second-order valence-electron chi connectivity index (χ2n) is 4.02. The van der Waals surface area contributed by atoms with E-state index in [0.29, 0.717) is 44.1 Å². The van der Waals surface area contributed by atoms with Gasteiger partial charge in [0.05, 0.1) is 18.9 Å². The van der Waals surface area contributed by atoms with Gasteiger partial charge in [-0.3, -0.25) is 9.78 Å². The molecule has 1 rings (SSSR count). The molecular formula is C13H22ClN3O3. The molecule has 20 heavy (non-hydrogen) atoms. The van der Waals surface area contributed by atoms with Gasteiger partial charge in [-0.2, -0.15) is 0 Å². The molecule has 0 aromatic carbocycles. The monoisotopic (exact) mass is 303 g/mol. The molecule has 0 aliphatic rings. The number of carbonyl (C=O) groups excluding carboxylic acids is 1. The SMILES string of the molecule is COCCN(CCOC)C(=O)c1ccnc(CN)c1.Cl. The second-order valence-corrected chi connectivity index (χ2v) is 4.02. The Morgan fingerprint density at radius 1 is 1.30 bits per heavy atom. The zero-order valence-electron chi connectivity index (χ0n) is 11.9. The van der Waals surface area contributed by atoms with Crippen LogP contribution in [0.5, 0.6) is 0 Å². The largest absolute Gasteiger partial charge is 0.383 e. The van der Waals surface area contributed by atoms with Crippen molar-refractivity contribution < 1.29 is 14.3 Å². The highest BCUT2D eigenvalue weighted by Gasteiger charge is 2.15. The van der Waals surface area contributed by atoms with E-state index < -0.39 is 0 Å². The lowest BCUT2D eigenvalue weighted by atomic mass is 10.2. The highest BCUT2D eigenvalue weighted by Crippen LogP contribution is 2.06. The molecule has 6 nitrogen and oxygen atoms in total. The van der Waals surface area contributed by atoms with Crippen LogP contribution in [-0.4, -0.2) is 56.3 Å². The molecule has 1 heterocycles. The smallest absolute Gasteiger partial charge is 0.254 e.